The first-order valence-corrected chi connectivity index (χ1v) is 30.4. The highest BCUT2D eigenvalue weighted by Crippen LogP contribution is 2.43. The number of rotatable bonds is 51. The first-order chi connectivity index (χ1) is 37.8. The molecular weight excluding hydrogens is 978 g/mol. The van der Waals surface area contributed by atoms with Crippen molar-refractivity contribution in [3.05, 3.63) is 194 Å². The van der Waals surface area contributed by atoms with Crippen LogP contribution in [0.15, 0.2) is 194 Å². The van der Waals surface area contributed by atoms with Gasteiger partial charge in [-0.3, -0.25) is 18.6 Å². The van der Waals surface area contributed by atoms with Gasteiger partial charge in [-0.2, -0.15) is 0 Å². The maximum absolute atomic E-state index is 12.7. The summed E-state index contributed by atoms with van der Waals surface area (Å²) in [6.07, 6.45) is 92.2. The molecule has 0 aromatic carbocycles. The fraction of sp³-hybridized carbons (Fsp3) is 0.493. The molecule has 3 N–H and O–H groups in total. The van der Waals surface area contributed by atoms with Gasteiger partial charge in [0.2, 0.25) is 0 Å². The minimum Gasteiger partial charge on any atom is -0.462 e. The summed E-state index contributed by atoms with van der Waals surface area (Å²) in [5.74, 6) is -0.926. The zero-order chi connectivity index (χ0) is 55.9. The number of phosphoric acid groups is 1. The Kier molecular flexibility index (Phi) is 56.1. The van der Waals surface area contributed by atoms with E-state index < -0.39 is 32.5 Å². The maximum Gasteiger partial charge on any atom is 0.472 e. The van der Waals surface area contributed by atoms with Gasteiger partial charge in [-0.05, 0) is 141 Å². The Morgan fingerprint density at radius 3 is 1.01 bits per heavy atom. The second kappa shape index (κ2) is 60.1. The molecule has 0 aliphatic rings. The lowest BCUT2D eigenvalue weighted by atomic mass is 10.1. The van der Waals surface area contributed by atoms with Gasteiger partial charge >= 0.3 is 19.8 Å². The number of unbranched alkanes of at least 4 members (excludes halogenated alkanes) is 6. The Hall–Kier alpha value is -5.15. The van der Waals surface area contributed by atoms with Crippen LogP contribution < -0.4 is 5.73 Å². The summed E-state index contributed by atoms with van der Waals surface area (Å²) in [5, 5.41) is 0. The van der Waals surface area contributed by atoms with Gasteiger partial charge in [0.1, 0.15) is 6.61 Å². The molecule has 0 aliphatic carbocycles. The number of nitrogens with two attached hydrogens (primary N) is 1. The van der Waals surface area contributed by atoms with E-state index in [-0.39, 0.29) is 32.6 Å². The molecule has 0 aromatic rings. The monoisotopic (exact) mass is 1080 g/mol. The molecule has 0 radical (unpaired) electrons. The summed E-state index contributed by atoms with van der Waals surface area (Å²) in [5.41, 5.74) is 5.36. The maximum atomic E-state index is 12.7. The van der Waals surface area contributed by atoms with Gasteiger partial charge in [-0.25, -0.2) is 4.57 Å². The third-order valence-corrected chi connectivity index (χ3v) is 12.0. The fourth-order valence-electron chi connectivity index (χ4n) is 6.78. The molecule has 2 atom stereocenters. The van der Waals surface area contributed by atoms with Gasteiger partial charge in [-0.1, -0.05) is 221 Å². The van der Waals surface area contributed by atoms with E-state index in [0.29, 0.717) is 12.8 Å². The topological polar surface area (TPSA) is 134 Å². The van der Waals surface area contributed by atoms with Crippen LogP contribution in [0, 0.1) is 0 Å². The highest BCUT2D eigenvalue weighted by atomic mass is 31.2. The predicted octanol–water partition coefficient (Wildman–Crippen LogP) is 18.6. The molecule has 77 heavy (non-hydrogen) atoms. The van der Waals surface area contributed by atoms with E-state index >= 15 is 0 Å². The predicted molar refractivity (Wildman–Crippen MR) is 329 cm³/mol. The molecule has 0 aromatic heterocycles. The van der Waals surface area contributed by atoms with Gasteiger partial charge in [0, 0.05) is 19.4 Å². The molecule has 2 unspecified atom stereocenters. The van der Waals surface area contributed by atoms with Crippen molar-refractivity contribution in [1.82, 2.24) is 0 Å². The Morgan fingerprint density at radius 2 is 0.675 bits per heavy atom. The number of hydrogen-bond donors (Lipinski definition) is 2. The number of esters is 2. The second-order valence-electron chi connectivity index (χ2n) is 18.0. The Morgan fingerprint density at radius 1 is 0.390 bits per heavy atom. The van der Waals surface area contributed by atoms with Crippen molar-refractivity contribution in [2.24, 2.45) is 5.73 Å². The summed E-state index contributed by atoms with van der Waals surface area (Å²) in [6.45, 7) is 3.39. The van der Waals surface area contributed by atoms with Gasteiger partial charge < -0.3 is 20.1 Å². The third-order valence-electron chi connectivity index (χ3n) is 11.0. The SMILES string of the molecule is CC/C=C\C/C=C\C/C=C\C/C=C\C/C=C\C/C=C\C/C=C\C/C=C\C/C=C\C/C=C\C/C=C\C/C=C\CCCCCCC(=O)OC(COC(=O)CCCC/C=C\C/C=C\C/C=C\C/C=C\CC)COP(=O)(O)OCCN. The van der Waals surface area contributed by atoms with E-state index in [0.717, 1.165) is 141 Å². The number of carbonyl (C=O) groups excluding carboxylic acids is 2. The molecule has 0 saturated carbocycles. The van der Waals surface area contributed by atoms with E-state index in [2.05, 4.69) is 208 Å². The van der Waals surface area contributed by atoms with Crippen LogP contribution in [0.4, 0.5) is 0 Å². The number of phosphoric ester groups is 1. The van der Waals surface area contributed by atoms with Crippen molar-refractivity contribution in [3.8, 4) is 0 Å². The van der Waals surface area contributed by atoms with E-state index in [1.807, 2.05) is 0 Å². The summed E-state index contributed by atoms with van der Waals surface area (Å²) < 4.78 is 32.9. The Balaban J connectivity index is 4.11. The molecule has 0 spiro atoms. The first-order valence-electron chi connectivity index (χ1n) is 28.9. The van der Waals surface area contributed by atoms with Crippen LogP contribution in [0.1, 0.15) is 181 Å². The van der Waals surface area contributed by atoms with E-state index in [4.69, 9.17) is 24.3 Å². The summed E-state index contributed by atoms with van der Waals surface area (Å²) in [7, 11) is -4.42. The normalized spacial score (nSPS) is 14.5. The molecular formula is C67H102NO8P. The fourth-order valence-corrected chi connectivity index (χ4v) is 7.55. The first kappa shape index (κ1) is 71.8. The van der Waals surface area contributed by atoms with E-state index in [9.17, 15) is 19.0 Å². The second-order valence-corrected chi connectivity index (χ2v) is 19.5. The molecule has 0 bridgehead atoms. The smallest absolute Gasteiger partial charge is 0.462 e. The summed E-state index contributed by atoms with van der Waals surface area (Å²) in [4.78, 5) is 35.1. The lowest BCUT2D eigenvalue weighted by molar-refractivity contribution is -0.161. The molecule has 10 heteroatoms. The van der Waals surface area contributed by atoms with Crippen molar-refractivity contribution >= 4 is 19.8 Å². The van der Waals surface area contributed by atoms with Crippen molar-refractivity contribution in [3.63, 3.8) is 0 Å². The number of carbonyl (C=O) groups is 2. The lowest BCUT2D eigenvalue weighted by Crippen LogP contribution is -2.29. The van der Waals surface area contributed by atoms with Crippen LogP contribution in [0.2, 0.25) is 0 Å². The quantitative estimate of drug-likeness (QED) is 0.0264. The molecule has 0 fully saturated rings. The Labute approximate surface area is 468 Å². The van der Waals surface area contributed by atoms with Gasteiger partial charge in [0.05, 0.1) is 13.2 Å². The standard InChI is InChI=1S/C67H102NO8P/c1-3-5-7-9-11-13-15-17-19-20-21-22-23-24-25-26-27-28-29-30-31-32-33-34-35-36-37-38-39-40-41-42-43-44-46-48-50-52-54-56-58-60-67(70)76-65(64-75-77(71,72)74-62-61-68)63-73-66(69)59-57-55-53-51-49-47-45-18-16-14-12-10-8-6-4-2/h5-8,11-14,17-19,21-22,24-25,27-28,30-31,33-34,36-37,39-40,42-43,45-46,48-49,51,65H,3-4,9-10,15-16,20,23,26,29,32,35,38,41,44,47,50,52-64,68H2,1-2H3,(H,71,72)/b7-5-,8-6-,13-11-,14-12-,19-17-,22-21-,25-24-,28-27-,31-30-,34-33-,37-36-,40-39-,43-42-,45-18-,48-46-,51-49-. The minimum absolute atomic E-state index is 0.0320. The van der Waals surface area contributed by atoms with Gasteiger partial charge in [-0.15, -0.1) is 0 Å². The average molecular weight is 1080 g/mol. The number of ether oxygens (including phenoxy) is 2. The van der Waals surface area contributed by atoms with Crippen LogP contribution in [-0.4, -0.2) is 49.3 Å². The van der Waals surface area contributed by atoms with E-state index in [1.54, 1.807) is 0 Å². The van der Waals surface area contributed by atoms with Crippen LogP contribution in [0.3, 0.4) is 0 Å². The number of hydrogen-bond acceptors (Lipinski definition) is 8. The third kappa shape index (κ3) is 59.9. The number of allylic oxidation sites excluding steroid dienone is 32. The van der Waals surface area contributed by atoms with Crippen LogP contribution >= 0.6 is 7.82 Å². The molecule has 9 nitrogen and oxygen atoms in total. The van der Waals surface area contributed by atoms with Gasteiger partial charge in [0.15, 0.2) is 6.10 Å². The zero-order valence-electron chi connectivity index (χ0n) is 47.6. The molecule has 0 saturated heterocycles. The molecule has 0 amide bonds. The van der Waals surface area contributed by atoms with Crippen molar-refractivity contribution in [2.75, 3.05) is 26.4 Å². The lowest BCUT2D eigenvalue weighted by Gasteiger charge is -2.19. The highest BCUT2D eigenvalue weighted by Gasteiger charge is 2.26. The van der Waals surface area contributed by atoms with Crippen molar-refractivity contribution in [1.29, 1.82) is 0 Å². The minimum atomic E-state index is -4.42. The van der Waals surface area contributed by atoms with Gasteiger partial charge in [0.25, 0.3) is 0 Å². The van der Waals surface area contributed by atoms with Crippen LogP contribution in [0.25, 0.3) is 0 Å². The van der Waals surface area contributed by atoms with E-state index in [1.165, 1.54) is 0 Å². The Bertz CT molecular complexity index is 1950. The zero-order valence-corrected chi connectivity index (χ0v) is 48.5. The average Bonchev–Trinajstić information content (AvgIpc) is 3.42. The largest absolute Gasteiger partial charge is 0.472 e. The summed E-state index contributed by atoms with van der Waals surface area (Å²) >= 11 is 0. The van der Waals surface area contributed by atoms with Crippen LogP contribution in [-0.2, 0) is 32.7 Å². The van der Waals surface area contributed by atoms with Crippen LogP contribution in [0.5, 0.6) is 0 Å². The molecule has 0 aliphatic heterocycles. The van der Waals surface area contributed by atoms with Crippen molar-refractivity contribution in [2.45, 2.75) is 187 Å². The molecule has 0 heterocycles. The van der Waals surface area contributed by atoms with Crippen molar-refractivity contribution < 1.29 is 37.6 Å². The molecule has 0 rings (SSSR count). The summed E-state index contributed by atoms with van der Waals surface area (Å²) in [6, 6.07) is 0. The highest BCUT2D eigenvalue weighted by molar-refractivity contribution is 7.47. The molecule has 428 valence electrons.